The molecule has 0 amide bonds. The van der Waals surface area contributed by atoms with Crippen molar-refractivity contribution in [2.24, 2.45) is 0 Å². The van der Waals surface area contributed by atoms with Gasteiger partial charge in [0.15, 0.2) is 5.65 Å². The first-order valence-corrected chi connectivity index (χ1v) is 12.8. The minimum atomic E-state index is 0.196. The highest BCUT2D eigenvalue weighted by Gasteiger charge is 2.24. The molecule has 0 saturated carbocycles. The van der Waals surface area contributed by atoms with Crippen LogP contribution in [-0.4, -0.2) is 19.2 Å². The molecule has 5 rings (SSSR count). The van der Waals surface area contributed by atoms with Crippen molar-refractivity contribution in [2.75, 3.05) is 0 Å². The summed E-state index contributed by atoms with van der Waals surface area (Å²) in [6.45, 7) is 15.4. The fourth-order valence-electron chi connectivity index (χ4n) is 5.76. The molecule has 0 fully saturated rings. The van der Waals surface area contributed by atoms with Crippen LogP contribution >= 0.6 is 0 Å². The summed E-state index contributed by atoms with van der Waals surface area (Å²) in [4.78, 5) is 5.16. The van der Waals surface area contributed by atoms with E-state index >= 15 is 0 Å². The van der Waals surface area contributed by atoms with Crippen molar-refractivity contribution in [3.05, 3.63) is 87.9 Å². The van der Waals surface area contributed by atoms with Crippen LogP contribution in [0.15, 0.2) is 48.5 Å². The van der Waals surface area contributed by atoms with E-state index in [0.717, 1.165) is 34.7 Å². The predicted molar refractivity (Wildman–Crippen MR) is 146 cm³/mol. The summed E-state index contributed by atoms with van der Waals surface area (Å²) in [6.07, 6.45) is 3.38. The van der Waals surface area contributed by atoms with Gasteiger partial charge in [-0.15, -0.1) is 0 Å². The number of fused-ring (bicyclic) bond motifs is 3. The van der Waals surface area contributed by atoms with Crippen LogP contribution in [0.4, 0.5) is 0 Å². The smallest absolute Gasteiger partial charge is 0.165 e. The first kappa shape index (κ1) is 23.3. The normalized spacial score (nSPS) is 12.7. The summed E-state index contributed by atoms with van der Waals surface area (Å²) in [7, 11) is 0. The molecule has 3 heterocycles. The summed E-state index contributed by atoms with van der Waals surface area (Å²) in [5.41, 5.74) is 13.1. The summed E-state index contributed by atoms with van der Waals surface area (Å²) < 4.78 is 4.62. The lowest BCUT2D eigenvalue weighted by Crippen LogP contribution is -2.13. The average molecular weight is 465 g/mol. The van der Waals surface area contributed by atoms with Crippen LogP contribution in [0, 0.1) is 34.6 Å². The molecule has 0 aliphatic heterocycles. The van der Waals surface area contributed by atoms with E-state index < -0.39 is 0 Å². The lowest BCUT2D eigenvalue weighted by atomic mass is 9.94. The van der Waals surface area contributed by atoms with E-state index in [2.05, 4.69) is 106 Å². The van der Waals surface area contributed by atoms with Crippen LogP contribution in [0.1, 0.15) is 72.1 Å². The summed E-state index contributed by atoms with van der Waals surface area (Å²) in [6, 6.07) is 17.9. The van der Waals surface area contributed by atoms with E-state index in [-0.39, 0.29) is 6.04 Å². The molecule has 180 valence electrons. The van der Waals surface area contributed by atoms with Gasteiger partial charge in [0.05, 0.1) is 23.0 Å². The third-order valence-corrected chi connectivity index (χ3v) is 7.37. The van der Waals surface area contributed by atoms with Crippen molar-refractivity contribution in [2.45, 2.75) is 73.8 Å². The first-order chi connectivity index (χ1) is 16.8. The first-order valence-electron chi connectivity index (χ1n) is 12.8. The maximum atomic E-state index is 5.16. The van der Waals surface area contributed by atoms with Crippen LogP contribution in [0.2, 0.25) is 0 Å². The highest BCUT2D eigenvalue weighted by molar-refractivity contribution is 5.90. The van der Waals surface area contributed by atoms with Crippen molar-refractivity contribution in [1.82, 2.24) is 19.2 Å². The fraction of sp³-hybridized carbons (Fsp3) is 0.355. The number of aromatic nitrogens is 4. The maximum Gasteiger partial charge on any atom is 0.165 e. The molecular weight excluding hydrogens is 428 g/mol. The monoisotopic (exact) mass is 464 g/mol. The Balaban J connectivity index is 1.86. The molecule has 2 aromatic carbocycles. The van der Waals surface area contributed by atoms with Crippen LogP contribution in [0.3, 0.4) is 0 Å². The molecule has 0 saturated heterocycles. The van der Waals surface area contributed by atoms with Gasteiger partial charge in [0.25, 0.3) is 0 Å². The molecule has 1 atom stereocenters. The Morgan fingerprint density at radius 1 is 0.857 bits per heavy atom. The van der Waals surface area contributed by atoms with Gasteiger partial charge < -0.3 is 4.57 Å². The molecule has 35 heavy (non-hydrogen) atoms. The lowest BCUT2D eigenvalue weighted by Gasteiger charge is -2.20. The second-order valence-electron chi connectivity index (χ2n) is 10.1. The third-order valence-electron chi connectivity index (χ3n) is 7.37. The number of aryl methyl sites for hydroxylation is 6. The predicted octanol–water partition coefficient (Wildman–Crippen LogP) is 7.85. The van der Waals surface area contributed by atoms with E-state index in [1.807, 2.05) is 0 Å². The van der Waals surface area contributed by atoms with Crippen LogP contribution < -0.4 is 0 Å². The Morgan fingerprint density at radius 3 is 2.20 bits per heavy atom. The van der Waals surface area contributed by atoms with E-state index in [1.165, 1.54) is 51.7 Å². The second kappa shape index (κ2) is 8.99. The van der Waals surface area contributed by atoms with Gasteiger partial charge >= 0.3 is 0 Å². The van der Waals surface area contributed by atoms with Gasteiger partial charge in [-0.3, -0.25) is 0 Å². The van der Waals surface area contributed by atoms with Gasteiger partial charge in [0, 0.05) is 11.1 Å². The van der Waals surface area contributed by atoms with Gasteiger partial charge in [0.2, 0.25) is 0 Å². The number of rotatable bonds is 6. The Hall–Kier alpha value is -3.40. The summed E-state index contributed by atoms with van der Waals surface area (Å²) in [5, 5.41) is 6.32. The molecule has 0 N–H and O–H groups in total. The molecule has 0 radical (unpaired) electrons. The summed E-state index contributed by atoms with van der Waals surface area (Å²) in [5.74, 6) is 0. The van der Waals surface area contributed by atoms with E-state index in [4.69, 9.17) is 10.1 Å². The van der Waals surface area contributed by atoms with Crippen molar-refractivity contribution < 1.29 is 0 Å². The highest BCUT2D eigenvalue weighted by Crippen LogP contribution is 2.37. The maximum absolute atomic E-state index is 5.16. The van der Waals surface area contributed by atoms with Crippen molar-refractivity contribution in [3.8, 4) is 11.1 Å². The molecule has 0 unspecified atom stereocenters. The lowest BCUT2D eigenvalue weighted by molar-refractivity contribution is 0.606. The Labute approximate surface area is 208 Å². The van der Waals surface area contributed by atoms with E-state index in [0.29, 0.717) is 0 Å². The van der Waals surface area contributed by atoms with Crippen LogP contribution in [-0.2, 0) is 6.42 Å². The Morgan fingerprint density at radius 2 is 1.54 bits per heavy atom. The largest absolute Gasteiger partial charge is 0.322 e. The number of hydrogen-bond acceptors (Lipinski definition) is 2. The van der Waals surface area contributed by atoms with Crippen molar-refractivity contribution in [1.29, 1.82) is 0 Å². The molecule has 0 aliphatic carbocycles. The van der Waals surface area contributed by atoms with Gasteiger partial charge in [-0.25, -0.2) is 4.98 Å². The average Bonchev–Trinajstić information content (AvgIpc) is 3.36. The molecule has 5 aromatic rings. The fourth-order valence-corrected chi connectivity index (χ4v) is 5.76. The van der Waals surface area contributed by atoms with Crippen molar-refractivity contribution >= 4 is 16.7 Å². The van der Waals surface area contributed by atoms with Crippen LogP contribution in [0.25, 0.3) is 27.8 Å². The van der Waals surface area contributed by atoms with E-state index in [1.54, 1.807) is 0 Å². The zero-order chi connectivity index (χ0) is 24.9. The zero-order valence-electron chi connectivity index (χ0n) is 22.1. The van der Waals surface area contributed by atoms with E-state index in [9.17, 15) is 0 Å². The SMILES string of the molecule is CCCCc1cc2c(C)nc3c(-c4c(C)cc(C)cc4C)c(C)nn3c2n1[C@@H](C)c1ccccc1. The number of benzene rings is 2. The minimum absolute atomic E-state index is 0.196. The second-order valence-corrected chi connectivity index (χ2v) is 10.1. The Kier molecular flexibility index (Phi) is 6.00. The third kappa shape index (κ3) is 3.85. The van der Waals surface area contributed by atoms with Crippen molar-refractivity contribution in [3.63, 3.8) is 0 Å². The van der Waals surface area contributed by atoms with Gasteiger partial charge in [-0.2, -0.15) is 9.61 Å². The number of hydrogen-bond donors (Lipinski definition) is 0. The topological polar surface area (TPSA) is 35.1 Å². The number of nitrogens with zero attached hydrogens (tertiary/aromatic N) is 4. The number of unbranched alkanes of at least 4 members (excludes halogenated alkanes) is 1. The van der Waals surface area contributed by atoms with Gasteiger partial charge in [-0.05, 0) is 82.7 Å². The molecule has 0 spiro atoms. The van der Waals surface area contributed by atoms with Crippen LogP contribution in [0.5, 0.6) is 0 Å². The molecule has 0 aliphatic rings. The molecule has 4 heteroatoms. The summed E-state index contributed by atoms with van der Waals surface area (Å²) >= 11 is 0. The minimum Gasteiger partial charge on any atom is -0.322 e. The molecule has 0 bridgehead atoms. The zero-order valence-corrected chi connectivity index (χ0v) is 22.1. The molecule has 4 nitrogen and oxygen atoms in total. The van der Waals surface area contributed by atoms with Gasteiger partial charge in [-0.1, -0.05) is 61.4 Å². The quantitative estimate of drug-likeness (QED) is 0.256. The molecule has 3 aromatic heterocycles. The standard InChI is InChI=1S/C31H36N4/c1-8-9-15-26-18-27-22(5)32-30-29(28-20(3)16-19(2)17-21(28)4)23(6)33-35(30)31(27)34(26)24(7)25-13-11-10-12-14-25/h10-14,16-18,24H,8-9,15H2,1-7H3/t24-/m0/s1. The van der Waals surface area contributed by atoms with Gasteiger partial charge in [0.1, 0.15) is 5.65 Å². The molecular formula is C31H36N4. The Bertz CT molecular complexity index is 1510. The highest BCUT2D eigenvalue weighted by atomic mass is 15.3.